The molecule has 0 unspecified atom stereocenters. The summed E-state index contributed by atoms with van der Waals surface area (Å²) < 4.78 is 26.6. The highest BCUT2D eigenvalue weighted by molar-refractivity contribution is 7.90. The molecule has 0 aliphatic heterocycles. The van der Waals surface area contributed by atoms with Gasteiger partial charge in [-0.2, -0.15) is 0 Å². The monoisotopic (exact) mass is 341 g/mol. The van der Waals surface area contributed by atoms with E-state index in [1.807, 2.05) is 0 Å². The SMILES string of the molecule is O=S(=O)(Cc1nnnn1C1CCCCC1)c1cccc(Cl)n1. The van der Waals surface area contributed by atoms with Crippen LogP contribution in [0.25, 0.3) is 0 Å². The summed E-state index contributed by atoms with van der Waals surface area (Å²) in [7, 11) is -3.63. The molecule has 0 N–H and O–H groups in total. The van der Waals surface area contributed by atoms with E-state index in [0.717, 1.165) is 25.7 Å². The van der Waals surface area contributed by atoms with Crippen molar-refractivity contribution in [3.8, 4) is 0 Å². The topological polar surface area (TPSA) is 90.6 Å². The molecule has 22 heavy (non-hydrogen) atoms. The lowest BCUT2D eigenvalue weighted by Crippen LogP contribution is -2.19. The van der Waals surface area contributed by atoms with Gasteiger partial charge in [0.05, 0.1) is 6.04 Å². The average molecular weight is 342 g/mol. The van der Waals surface area contributed by atoms with Gasteiger partial charge in [-0.05, 0) is 35.4 Å². The van der Waals surface area contributed by atoms with Crippen molar-refractivity contribution in [2.75, 3.05) is 0 Å². The fourth-order valence-corrected chi connectivity index (χ4v) is 4.14. The van der Waals surface area contributed by atoms with Crippen molar-refractivity contribution in [1.82, 2.24) is 25.2 Å². The fourth-order valence-electron chi connectivity index (χ4n) is 2.72. The number of rotatable bonds is 4. The Kier molecular flexibility index (Phi) is 4.39. The Bertz CT molecular complexity index is 755. The molecule has 1 aliphatic rings. The van der Waals surface area contributed by atoms with Crippen LogP contribution in [0.5, 0.6) is 0 Å². The minimum atomic E-state index is -3.63. The first-order valence-electron chi connectivity index (χ1n) is 7.18. The summed E-state index contributed by atoms with van der Waals surface area (Å²) >= 11 is 5.76. The number of hydrogen-bond acceptors (Lipinski definition) is 6. The third kappa shape index (κ3) is 3.27. The summed E-state index contributed by atoms with van der Waals surface area (Å²) in [5, 5.41) is 11.6. The van der Waals surface area contributed by atoms with Crippen LogP contribution in [-0.2, 0) is 15.6 Å². The molecule has 2 heterocycles. The summed E-state index contributed by atoms with van der Waals surface area (Å²) in [6.45, 7) is 0. The Labute approximate surface area is 133 Å². The van der Waals surface area contributed by atoms with Crippen LogP contribution >= 0.6 is 11.6 Å². The molecule has 0 atom stereocenters. The van der Waals surface area contributed by atoms with E-state index in [1.54, 1.807) is 10.7 Å². The first kappa shape index (κ1) is 15.4. The van der Waals surface area contributed by atoms with Gasteiger partial charge in [-0.15, -0.1) is 5.10 Å². The Morgan fingerprint density at radius 3 is 2.73 bits per heavy atom. The van der Waals surface area contributed by atoms with E-state index in [2.05, 4.69) is 20.5 Å². The second-order valence-corrected chi connectivity index (χ2v) is 7.71. The van der Waals surface area contributed by atoms with E-state index >= 15 is 0 Å². The van der Waals surface area contributed by atoms with E-state index in [-0.39, 0.29) is 22.0 Å². The predicted molar refractivity (Wildman–Crippen MR) is 80.1 cm³/mol. The van der Waals surface area contributed by atoms with Crippen LogP contribution in [0.4, 0.5) is 0 Å². The molecule has 3 rings (SSSR count). The molecule has 0 amide bonds. The molecular formula is C13H16ClN5O2S. The second-order valence-electron chi connectivity index (χ2n) is 5.39. The molecule has 7 nitrogen and oxygen atoms in total. The first-order chi connectivity index (χ1) is 10.6. The van der Waals surface area contributed by atoms with Gasteiger partial charge in [0.2, 0.25) is 9.84 Å². The summed E-state index contributed by atoms with van der Waals surface area (Å²) in [6, 6.07) is 4.70. The molecule has 2 aromatic heterocycles. The van der Waals surface area contributed by atoms with Gasteiger partial charge >= 0.3 is 0 Å². The number of hydrogen-bond donors (Lipinski definition) is 0. The number of nitrogens with zero attached hydrogens (tertiary/aromatic N) is 5. The molecule has 0 bridgehead atoms. The van der Waals surface area contributed by atoms with Crippen LogP contribution in [0.2, 0.25) is 5.15 Å². The van der Waals surface area contributed by atoms with E-state index in [1.165, 1.54) is 18.6 Å². The molecule has 0 aromatic carbocycles. The number of halogens is 1. The van der Waals surface area contributed by atoms with Gasteiger partial charge in [0.1, 0.15) is 10.9 Å². The third-order valence-electron chi connectivity index (χ3n) is 3.81. The van der Waals surface area contributed by atoms with Crippen LogP contribution in [-0.4, -0.2) is 33.6 Å². The molecule has 1 fully saturated rings. The van der Waals surface area contributed by atoms with Gasteiger partial charge in [-0.25, -0.2) is 18.1 Å². The normalized spacial score (nSPS) is 16.8. The summed E-state index contributed by atoms with van der Waals surface area (Å²) in [4.78, 5) is 3.87. The molecule has 1 aliphatic carbocycles. The van der Waals surface area contributed by atoms with Gasteiger partial charge in [0.25, 0.3) is 0 Å². The van der Waals surface area contributed by atoms with Crippen molar-refractivity contribution in [2.24, 2.45) is 0 Å². The van der Waals surface area contributed by atoms with Crippen LogP contribution < -0.4 is 0 Å². The molecular weight excluding hydrogens is 326 g/mol. The van der Waals surface area contributed by atoms with E-state index in [4.69, 9.17) is 11.6 Å². The van der Waals surface area contributed by atoms with Crippen molar-refractivity contribution in [1.29, 1.82) is 0 Å². The molecule has 9 heteroatoms. The third-order valence-corrected chi connectivity index (χ3v) is 5.52. The van der Waals surface area contributed by atoms with Crippen LogP contribution in [0, 0.1) is 0 Å². The van der Waals surface area contributed by atoms with Crippen molar-refractivity contribution >= 4 is 21.4 Å². The minimum absolute atomic E-state index is 0.0572. The van der Waals surface area contributed by atoms with Crippen LogP contribution in [0.15, 0.2) is 23.2 Å². The number of tetrazole rings is 1. The largest absolute Gasteiger partial charge is 0.225 e. The lowest BCUT2D eigenvalue weighted by Gasteiger charge is -2.22. The number of pyridine rings is 1. The average Bonchev–Trinajstić information content (AvgIpc) is 2.95. The maximum absolute atomic E-state index is 12.5. The van der Waals surface area contributed by atoms with E-state index in [9.17, 15) is 8.42 Å². The quantitative estimate of drug-likeness (QED) is 0.792. The van der Waals surface area contributed by atoms with Gasteiger partial charge < -0.3 is 0 Å². The molecule has 0 radical (unpaired) electrons. The lowest BCUT2D eigenvalue weighted by atomic mass is 9.96. The smallest absolute Gasteiger partial charge is 0.203 e. The van der Waals surface area contributed by atoms with Crippen LogP contribution in [0.3, 0.4) is 0 Å². The molecule has 2 aromatic rings. The van der Waals surface area contributed by atoms with Gasteiger partial charge in [0, 0.05) is 0 Å². The van der Waals surface area contributed by atoms with Gasteiger partial charge in [-0.3, -0.25) is 0 Å². The van der Waals surface area contributed by atoms with Crippen molar-refractivity contribution in [3.63, 3.8) is 0 Å². The Morgan fingerprint density at radius 2 is 2.00 bits per heavy atom. The number of aromatic nitrogens is 5. The zero-order valence-corrected chi connectivity index (χ0v) is 13.5. The highest BCUT2D eigenvalue weighted by Crippen LogP contribution is 2.28. The maximum atomic E-state index is 12.5. The number of sulfone groups is 1. The zero-order chi connectivity index (χ0) is 15.6. The summed E-state index contributed by atoms with van der Waals surface area (Å²) in [5.41, 5.74) is 0. The standard InChI is InChI=1S/C13H16ClN5O2S/c14-11-7-4-8-13(15-11)22(20,21)9-12-16-17-18-19(12)10-5-2-1-3-6-10/h4,7-8,10H,1-3,5-6,9H2. The van der Waals surface area contributed by atoms with E-state index < -0.39 is 9.84 Å². The first-order valence-corrected chi connectivity index (χ1v) is 9.21. The summed E-state index contributed by atoms with van der Waals surface area (Å²) in [6.07, 6.45) is 5.40. The van der Waals surface area contributed by atoms with Crippen molar-refractivity contribution < 1.29 is 8.42 Å². The Balaban J connectivity index is 1.85. The Morgan fingerprint density at radius 1 is 1.23 bits per heavy atom. The fraction of sp³-hybridized carbons (Fsp3) is 0.538. The highest BCUT2D eigenvalue weighted by atomic mass is 35.5. The maximum Gasteiger partial charge on any atom is 0.203 e. The minimum Gasteiger partial charge on any atom is -0.225 e. The zero-order valence-electron chi connectivity index (χ0n) is 11.9. The molecule has 0 spiro atoms. The Hall–Kier alpha value is -1.54. The highest BCUT2D eigenvalue weighted by Gasteiger charge is 2.25. The molecule has 1 saturated carbocycles. The van der Waals surface area contributed by atoms with Crippen molar-refractivity contribution in [2.45, 2.75) is 48.9 Å². The van der Waals surface area contributed by atoms with Gasteiger partial charge in [-0.1, -0.05) is 36.9 Å². The van der Waals surface area contributed by atoms with E-state index in [0.29, 0.717) is 5.82 Å². The van der Waals surface area contributed by atoms with Crippen molar-refractivity contribution in [3.05, 3.63) is 29.2 Å². The van der Waals surface area contributed by atoms with Crippen LogP contribution in [0.1, 0.15) is 44.0 Å². The predicted octanol–water partition coefficient (Wildman–Crippen LogP) is 2.20. The second kappa shape index (κ2) is 6.29. The summed E-state index contributed by atoms with van der Waals surface area (Å²) in [5.74, 6) is 0.0813. The molecule has 118 valence electrons. The lowest BCUT2D eigenvalue weighted by molar-refractivity contribution is 0.318. The van der Waals surface area contributed by atoms with Gasteiger partial charge in [0.15, 0.2) is 10.9 Å². The molecule has 0 saturated heterocycles.